The Balaban J connectivity index is 2.28. The largest absolute Gasteiger partial charge is 0.368 e. The van der Waals surface area contributed by atoms with E-state index in [1.165, 1.54) is 16.9 Å². The minimum atomic E-state index is -0.353. The average Bonchev–Trinajstić information content (AvgIpc) is 2.43. The predicted molar refractivity (Wildman–Crippen MR) is 76.0 cm³/mol. The molecule has 0 saturated carbocycles. The van der Waals surface area contributed by atoms with E-state index >= 15 is 0 Å². The highest BCUT2D eigenvalue weighted by Crippen LogP contribution is 2.10. The van der Waals surface area contributed by atoms with Gasteiger partial charge in [-0.2, -0.15) is 9.78 Å². The van der Waals surface area contributed by atoms with Crippen LogP contribution in [0, 0.1) is 0 Å². The molecular weight excluding hydrogens is 264 g/mol. The van der Waals surface area contributed by atoms with Gasteiger partial charge in [-0.1, -0.05) is 18.5 Å². The van der Waals surface area contributed by atoms with Crippen molar-refractivity contribution in [3.8, 4) is 5.69 Å². The number of pyridine rings is 1. The summed E-state index contributed by atoms with van der Waals surface area (Å²) in [7, 11) is 0. The topological polar surface area (TPSA) is 59.8 Å². The minimum absolute atomic E-state index is 0.136. The van der Waals surface area contributed by atoms with E-state index < -0.39 is 0 Å². The second-order valence-corrected chi connectivity index (χ2v) is 4.66. The van der Waals surface area contributed by atoms with Gasteiger partial charge >= 0.3 is 0 Å². The molecule has 1 unspecified atom stereocenters. The molecule has 0 aliphatic heterocycles. The quantitative estimate of drug-likeness (QED) is 0.933. The van der Waals surface area contributed by atoms with Crippen LogP contribution in [0.2, 0.25) is 5.02 Å². The van der Waals surface area contributed by atoms with Crippen LogP contribution in [-0.4, -0.2) is 20.8 Å². The second kappa shape index (κ2) is 5.84. The maximum atomic E-state index is 11.8. The molecule has 0 fully saturated rings. The molecule has 2 rings (SSSR count). The summed E-state index contributed by atoms with van der Waals surface area (Å²) >= 11 is 5.78. The lowest BCUT2D eigenvalue weighted by Gasteiger charge is -2.12. The zero-order chi connectivity index (χ0) is 13.8. The van der Waals surface area contributed by atoms with Gasteiger partial charge in [-0.3, -0.25) is 4.79 Å². The van der Waals surface area contributed by atoms with Gasteiger partial charge in [0.15, 0.2) is 0 Å². The molecule has 0 amide bonds. The molecule has 0 spiro atoms. The summed E-state index contributed by atoms with van der Waals surface area (Å²) in [4.78, 5) is 16.1. The molecular formula is C13H15ClN4O. The van der Waals surface area contributed by atoms with Gasteiger partial charge in [0.25, 0.3) is 5.56 Å². The molecule has 1 atom stereocenters. The van der Waals surface area contributed by atoms with Crippen LogP contribution in [0.15, 0.2) is 35.4 Å². The first kappa shape index (κ1) is 13.5. The molecule has 0 radical (unpaired) electrons. The smallest absolute Gasteiger partial charge is 0.290 e. The minimum Gasteiger partial charge on any atom is -0.368 e. The van der Waals surface area contributed by atoms with Crippen LogP contribution in [0.1, 0.15) is 20.3 Å². The fourth-order valence-electron chi connectivity index (χ4n) is 1.53. The van der Waals surface area contributed by atoms with Gasteiger partial charge in [0, 0.05) is 12.2 Å². The number of hydrogen-bond acceptors (Lipinski definition) is 4. The highest BCUT2D eigenvalue weighted by Gasteiger charge is 2.05. The maximum Gasteiger partial charge on any atom is 0.290 e. The molecule has 0 aliphatic rings. The number of nitrogens with zero attached hydrogens (tertiary/aromatic N) is 3. The van der Waals surface area contributed by atoms with Gasteiger partial charge < -0.3 is 5.32 Å². The van der Waals surface area contributed by atoms with Crippen LogP contribution in [0.3, 0.4) is 0 Å². The van der Waals surface area contributed by atoms with E-state index in [-0.39, 0.29) is 10.6 Å². The summed E-state index contributed by atoms with van der Waals surface area (Å²) in [6.45, 7) is 4.18. The number of rotatable bonds is 4. The molecule has 2 aromatic heterocycles. The Labute approximate surface area is 116 Å². The van der Waals surface area contributed by atoms with Crippen LogP contribution in [-0.2, 0) is 0 Å². The first-order valence-electron chi connectivity index (χ1n) is 6.08. The van der Waals surface area contributed by atoms with Crippen molar-refractivity contribution in [3.63, 3.8) is 0 Å². The lowest BCUT2D eigenvalue weighted by molar-refractivity contribution is 0.757. The number of hydrogen-bond donors (Lipinski definition) is 1. The van der Waals surface area contributed by atoms with Gasteiger partial charge in [-0.25, -0.2) is 4.98 Å². The standard InChI is InChI=1S/C13H15ClN4O/c1-3-9(2)17-12-5-4-10(8-15-12)18-13(19)11(14)6-7-16-18/h4-9H,3H2,1-2H3,(H,15,17). The molecule has 19 heavy (non-hydrogen) atoms. The van der Waals surface area contributed by atoms with Gasteiger partial charge in [0.2, 0.25) is 0 Å². The van der Waals surface area contributed by atoms with Crippen molar-refractivity contribution in [2.75, 3.05) is 5.32 Å². The first-order chi connectivity index (χ1) is 9.11. The van der Waals surface area contributed by atoms with Crippen molar-refractivity contribution in [2.45, 2.75) is 26.3 Å². The SMILES string of the molecule is CCC(C)Nc1ccc(-n2nccc(Cl)c2=O)cn1. The Hall–Kier alpha value is -1.88. The third-order valence-corrected chi connectivity index (χ3v) is 3.09. The summed E-state index contributed by atoms with van der Waals surface area (Å²) in [5, 5.41) is 7.36. The average molecular weight is 279 g/mol. The molecule has 100 valence electrons. The molecule has 0 saturated heterocycles. The Morgan fingerprint density at radius 1 is 1.42 bits per heavy atom. The normalized spacial score (nSPS) is 12.2. The van der Waals surface area contributed by atoms with Crippen molar-refractivity contribution in [1.29, 1.82) is 0 Å². The highest BCUT2D eigenvalue weighted by molar-refractivity contribution is 6.30. The van der Waals surface area contributed by atoms with Crippen LogP contribution in [0.5, 0.6) is 0 Å². The highest BCUT2D eigenvalue weighted by atomic mass is 35.5. The number of halogens is 1. The lowest BCUT2D eigenvalue weighted by Crippen LogP contribution is -2.21. The van der Waals surface area contributed by atoms with E-state index in [2.05, 4.69) is 29.2 Å². The fourth-order valence-corrected chi connectivity index (χ4v) is 1.66. The van der Waals surface area contributed by atoms with Gasteiger partial charge in [0.1, 0.15) is 10.8 Å². The van der Waals surface area contributed by atoms with Crippen LogP contribution in [0.25, 0.3) is 5.69 Å². The number of aromatic nitrogens is 3. The predicted octanol–water partition coefficient (Wildman–Crippen LogP) is 2.49. The Kier molecular flexibility index (Phi) is 4.16. The number of anilines is 1. The molecule has 2 heterocycles. The van der Waals surface area contributed by atoms with Crippen molar-refractivity contribution in [2.24, 2.45) is 0 Å². The monoisotopic (exact) mass is 278 g/mol. The summed E-state index contributed by atoms with van der Waals surface area (Å²) in [5.41, 5.74) is 0.232. The molecule has 0 bridgehead atoms. The summed E-state index contributed by atoms with van der Waals surface area (Å²) in [6, 6.07) is 5.41. The maximum absolute atomic E-state index is 11.8. The van der Waals surface area contributed by atoms with Gasteiger partial charge in [-0.15, -0.1) is 0 Å². The Morgan fingerprint density at radius 3 is 2.84 bits per heavy atom. The Morgan fingerprint density at radius 2 is 2.21 bits per heavy atom. The van der Waals surface area contributed by atoms with Gasteiger partial charge in [-0.05, 0) is 31.5 Å². The molecule has 1 N–H and O–H groups in total. The van der Waals surface area contributed by atoms with Crippen molar-refractivity contribution in [3.05, 3.63) is 46.0 Å². The van der Waals surface area contributed by atoms with E-state index in [1.54, 1.807) is 12.3 Å². The first-order valence-corrected chi connectivity index (χ1v) is 6.46. The summed E-state index contributed by atoms with van der Waals surface area (Å²) in [5.74, 6) is 0.771. The molecule has 0 aromatic carbocycles. The fraction of sp³-hybridized carbons (Fsp3) is 0.308. The van der Waals surface area contributed by atoms with E-state index in [1.807, 2.05) is 6.07 Å². The third kappa shape index (κ3) is 3.12. The molecule has 6 heteroatoms. The van der Waals surface area contributed by atoms with Crippen LogP contribution in [0.4, 0.5) is 5.82 Å². The van der Waals surface area contributed by atoms with Gasteiger partial charge in [0.05, 0.1) is 11.9 Å². The van der Waals surface area contributed by atoms with E-state index in [9.17, 15) is 4.79 Å². The van der Waals surface area contributed by atoms with Crippen LogP contribution >= 0.6 is 11.6 Å². The van der Waals surface area contributed by atoms with Crippen LogP contribution < -0.4 is 10.9 Å². The van der Waals surface area contributed by atoms with E-state index in [0.717, 1.165) is 12.2 Å². The van der Waals surface area contributed by atoms with Crippen molar-refractivity contribution in [1.82, 2.24) is 14.8 Å². The van der Waals surface area contributed by atoms with Crippen molar-refractivity contribution < 1.29 is 0 Å². The third-order valence-electron chi connectivity index (χ3n) is 2.80. The zero-order valence-corrected chi connectivity index (χ0v) is 11.6. The molecule has 5 nitrogen and oxygen atoms in total. The zero-order valence-electron chi connectivity index (χ0n) is 10.8. The lowest BCUT2D eigenvalue weighted by atomic mass is 10.2. The van der Waals surface area contributed by atoms with E-state index in [4.69, 9.17) is 11.6 Å². The summed E-state index contributed by atoms with van der Waals surface area (Å²) < 4.78 is 1.22. The Bertz CT molecular complexity index is 609. The molecule has 2 aromatic rings. The molecule has 0 aliphatic carbocycles. The van der Waals surface area contributed by atoms with Crippen molar-refractivity contribution >= 4 is 17.4 Å². The summed E-state index contributed by atoms with van der Waals surface area (Å²) in [6.07, 6.45) is 4.09. The number of nitrogens with one attached hydrogen (secondary N) is 1. The second-order valence-electron chi connectivity index (χ2n) is 4.25. The van der Waals surface area contributed by atoms with E-state index in [0.29, 0.717) is 11.7 Å².